The lowest BCUT2D eigenvalue weighted by molar-refractivity contribution is -0.138. The van der Waals surface area contributed by atoms with E-state index in [1.807, 2.05) is 6.92 Å². The van der Waals surface area contributed by atoms with Crippen LogP contribution in [0.15, 0.2) is 54.6 Å². The normalized spacial score (nSPS) is 12.2. The molecule has 37 heavy (non-hydrogen) atoms. The van der Waals surface area contributed by atoms with Crippen LogP contribution in [0.25, 0.3) is 0 Å². The second-order valence-corrected chi connectivity index (χ2v) is 8.72. The number of carbonyl (C=O) groups is 2. The van der Waals surface area contributed by atoms with Gasteiger partial charge >= 0.3 is 12.1 Å². The third-order valence-corrected chi connectivity index (χ3v) is 5.94. The number of hydrogen-bond acceptors (Lipinski definition) is 3. The summed E-state index contributed by atoms with van der Waals surface area (Å²) in [5, 5.41) is 11.6. The maximum Gasteiger partial charge on any atom is 0.416 e. The first kappa shape index (κ1) is 27.7. The van der Waals surface area contributed by atoms with E-state index in [4.69, 9.17) is 9.84 Å². The molecule has 0 saturated carbocycles. The van der Waals surface area contributed by atoms with E-state index in [1.54, 1.807) is 31.2 Å². The molecular weight excluding hydrogens is 490 g/mol. The lowest BCUT2D eigenvalue weighted by Crippen LogP contribution is -2.27. The standard InChI is InChI=1S/C28H27F4NO4/c1-4-18-13-23(8-5-19(18)6-10-26(34)35)37-24-14-20(12-22(29)15-24)17(3)33-27(36)25-9-7-21(11-16(25)2)28(30,31)32/h5,7-9,11-15,17H,4,6,10H2,1-3H3,(H,33,36)(H,34,35)/t17-/m1/s1. The first-order valence-corrected chi connectivity index (χ1v) is 11.7. The summed E-state index contributed by atoms with van der Waals surface area (Å²) in [7, 11) is 0. The Morgan fingerprint density at radius 3 is 2.35 bits per heavy atom. The minimum Gasteiger partial charge on any atom is -0.481 e. The van der Waals surface area contributed by atoms with Crippen molar-refractivity contribution >= 4 is 11.9 Å². The molecule has 0 unspecified atom stereocenters. The molecule has 196 valence electrons. The number of nitrogens with one attached hydrogen (secondary N) is 1. The van der Waals surface area contributed by atoms with Gasteiger partial charge in [-0.25, -0.2) is 4.39 Å². The number of alkyl halides is 3. The zero-order valence-electron chi connectivity index (χ0n) is 20.6. The van der Waals surface area contributed by atoms with Crippen molar-refractivity contribution in [1.82, 2.24) is 5.32 Å². The van der Waals surface area contributed by atoms with E-state index < -0.39 is 35.5 Å². The van der Waals surface area contributed by atoms with Crippen molar-refractivity contribution in [2.75, 3.05) is 0 Å². The first-order chi connectivity index (χ1) is 17.4. The minimum atomic E-state index is -4.51. The molecule has 5 nitrogen and oxygen atoms in total. The highest BCUT2D eigenvalue weighted by Gasteiger charge is 2.31. The van der Waals surface area contributed by atoms with Crippen LogP contribution in [0.2, 0.25) is 0 Å². The fraction of sp³-hybridized carbons (Fsp3) is 0.286. The van der Waals surface area contributed by atoms with Crippen molar-refractivity contribution in [2.45, 2.75) is 52.3 Å². The van der Waals surface area contributed by atoms with Gasteiger partial charge in [0.1, 0.15) is 17.3 Å². The molecule has 1 amide bonds. The molecule has 0 aromatic heterocycles. The lowest BCUT2D eigenvalue weighted by Gasteiger charge is -2.18. The number of benzene rings is 3. The van der Waals surface area contributed by atoms with Gasteiger partial charge in [0, 0.05) is 18.1 Å². The molecule has 0 spiro atoms. The predicted octanol–water partition coefficient (Wildman–Crippen LogP) is 7.02. The number of carboxylic acid groups (broad SMARTS) is 1. The van der Waals surface area contributed by atoms with Gasteiger partial charge in [-0.1, -0.05) is 13.0 Å². The summed E-state index contributed by atoms with van der Waals surface area (Å²) in [4.78, 5) is 23.6. The summed E-state index contributed by atoms with van der Waals surface area (Å²) in [6.45, 7) is 4.98. The van der Waals surface area contributed by atoms with Gasteiger partial charge < -0.3 is 15.2 Å². The fourth-order valence-electron chi connectivity index (χ4n) is 3.96. The van der Waals surface area contributed by atoms with Crippen LogP contribution in [0.1, 0.15) is 64.5 Å². The van der Waals surface area contributed by atoms with Gasteiger partial charge in [-0.15, -0.1) is 0 Å². The maximum absolute atomic E-state index is 14.4. The number of hydrogen-bond donors (Lipinski definition) is 2. The molecule has 2 N–H and O–H groups in total. The molecule has 9 heteroatoms. The Morgan fingerprint density at radius 1 is 1.00 bits per heavy atom. The number of ether oxygens (including phenoxy) is 1. The number of carbonyl (C=O) groups excluding carboxylic acids is 1. The Labute approximate surface area is 212 Å². The molecule has 0 heterocycles. The van der Waals surface area contributed by atoms with Gasteiger partial charge in [0.15, 0.2) is 0 Å². The smallest absolute Gasteiger partial charge is 0.416 e. The van der Waals surface area contributed by atoms with Gasteiger partial charge in [-0.05, 0) is 91.4 Å². The van der Waals surface area contributed by atoms with Crippen molar-refractivity contribution < 1.29 is 37.0 Å². The monoisotopic (exact) mass is 517 g/mol. The number of halogens is 4. The van der Waals surface area contributed by atoms with Crippen LogP contribution in [-0.2, 0) is 23.8 Å². The highest BCUT2D eigenvalue weighted by Crippen LogP contribution is 2.31. The van der Waals surface area contributed by atoms with Crippen LogP contribution in [0, 0.1) is 12.7 Å². The Morgan fingerprint density at radius 2 is 1.73 bits per heavy atom. The van der Waals surface area contributed by atoms with Crippen molar-refractivity contribution in [2.24, 2.45) is 0 Å². The highest BCUT2D eigenvalue weighted by molar-refractivity contribution is 5.96. The summed E-state index contributed by atoms with van der Waals surface area (Å²) in [6.07, 6.45) is -3.46. The topological polar surface area (TPSA) is 75.6 Å². The first-order valence-electron chi connectivity index (χ1n) is 11.7. The summed E-state index contributed by atoms with van der Waals surface area (Å²) in [5.74, 6) is -1.42. The molecule has 3 aromatic rings. The van der Waals surface area contributed by atoms with Crippen molar-refractivity contribution in [3.8, 4) is 11.5 Å². The van der Waals surface area contributed by atoms with Gasteiger partial charge in [-0.2, -0.15) is 13.2 Å². The van der Waals surface area contributed by atoms with Crippen LogP contribution in [0.5, 0.6) is 11.5 Å². The Balaban J connectivity index is 1.76. The molecule has 0 aliphatic carbocycles. The van der Waals surface area contributed by atoms with Crippen LogP contribution in [0.4, 0.5) is 17.6 Å². The number of carboxylic acids is 1. The largest absolute Gasteiger partial charge is 0.481 e. The number of aliphatic carboxylic acids is 1. The lowest BCUT2D eigenvalue weighted by atomic mass is 10.0. The van der Waals surface area contributed by atoms with E-state index >= 15 is 0 Å². The highest BCUT2D eigenvalue weighted by atomic mass is 19.4. The average molecular weight is 518 g/mol. The minimum absolute atomic E-state index is 0.00999. The number of aryl methyl sites for hydroxylation is 3. The third kappa shape index (κ3) is 7.31. The molecule has 0 saturated heterocycles. The second-order valence-electron chi connectivity index (χ2n) is 8.72. The van der Waals surface area contributed by atoms with Crippen LogP contribution in [0.3, 0.4) is 0 Å². The SMILES string of the molecule is CCc1cc(Oc2cc(F)cc([C@@H](C)NC(=O)c3ccc(C(F)(F)F)cc3C)c2)ccc1CCC(=O)O. The van der Waals surface area contributed by atoms with E-state index in [1.165, 1.54) is 19.1 Å². The molecule has 0 aliphatic rings. The predicted molar refractivity (Wildman–Crippen MR) is 130 cm³/mol. The zero-order valence-corrected chi connectivity index (χ0v) is 20.6. The van der Waals surface area contributed by atoms with E-state index in [9.17, 15) is 27.2 Å². The van der Waals surface area contributed by atoms with Crippen molar-refractivity contribution in [1.29, 1.82) is 0 Å². The van der Waals surface area contributed by atoms with Crippen molar-refractivity contribution in [3.05, 3.63) is 93.8 Å². The van der Waals surface area contributed by atoms with Gasteiger partial charge in [-0.3, -0.25) is 9.59 Å². The quantitative estimate of drug-likeness (QED) is 0.299. The second kappa shape index (κ2) is 11.5. The number of rotatable bonds is 9. The van der Waals surface area contributed by atoms with E-state index in [0.717, 1.165) is 29.3 Å². The van der Waals surface area contributed by atoms with E-state index in [2.05, 4.69) is 5.32 Å². The number of amides is 1. The summed E-state index contributed by atoms with van der Waals surface area (Å²) in [6, 6.07) is 11.4. The van der Waals surface area contributed by atoms with E-state index in [-0.39, 0.29) is 23.3 Å². The third-order valence-electron chi connectivity index (χ3n) is 5.94. The molecule has 0 radical (unpaired) electrons. The summed E-state index contributed by atoms with van der Waals surface area (Å²) in [5.41, 5.74) is 1.63. The van der Waals surface area contributed by atoms with Gasteiger partial charge in [0.25, 0.3) is 5.91 Å². The van der Waals surface area contributed by atoms with E-state index in [0.29, 0.717) is 24.2 Å². The Bertz CT molecular complexity index is 1300. The van der Waals surface area contributed by atoms with Crippen LogP contribution < -0.4 is 10.1 Å². The van der Waals surface area contributed by atoms with Crippen LogP contribution in [-0.4, -0.2) is 17.0 Å². The zero-order chi connectivity index (χ0) is 27.3. The molecule has 0 fully saturated rings. The molecule has 3 aromatic carbocycles. The molecule has 3 rings (SSSR count). The average Bonchev–Trinajstić information content (AvgIpc) is 2.81. The van der Waals surface area contributed by atoms with Gasteiger partial charge in [0.2, 0.25) is 0 Å². The Hall–Kier alpha value is -3.88. The van der Waals surface area contributed by atoms with Gasteiger partial charge in [0.05, 0.1) is 11.6 Å². The summed E-state index contributed by atoms with van der Waals surface area (Å²) < 4.78 is 59.0. The Kier molecular flexibility index (Phi) is 8.57. The van der Waals surface area contributed by atoms with Crippen LogP contribution >= 0.6 is 0 Å². The summed E-state index contributed by atoms with van der Waals surface area (Å²) >= 11 is 0. The molecule has 0 aliphatic heterocycles. The molecule has 0 bridgehead atoms. The molecular formula is C28H27F4NO4. The van der Waals surface area contributed by atoms with Crippen molar-refractivity contribution in [3.63, 3.8) is 0 Å². The molecule has 1 atom stereocenters. The maximum atomic E-state index is 14.4. The fourth-order valence-corrected chi connectivity index (χ4v) is 3.96.